The molecule has 2 unspecified atom stereocenters. The molecular weight excluding hydrogens is 250 g/mol. The molecule has 1 aromatic carbocycles. The van der Waals surface area contributed by atoms with E-state index in [0.717, 1.165) is 29.7 Å². The maximum atomic E-state index is 12.4. The van der Waals surface area contributed by atoms with Crippen LogP contribution in [0.2, 0.25) is 0 Å². The molecule has 20 heavy (non-hydrogen) atoms. The Bertz CT molecular complexity index is 609. The van der Waals surface area contributed by atoms with E-state index in [1.165, 1.54) is 6.42 Å². The quantitative estimate of drug-likeness (QED) is 0.873. The van der Waals surface area contributed by atoms with Gasteiger partial charge < -0.3 is 4.98 Å². The number of hydrogen-bond acceptors (Lipinski definition) is 3. The number of aromatic nitrogens is 2. The number of carbonyl (C=O) groups is 1. The molecule has 1 N–H and O–H groups in total. The molecule has 2 atom stereocenters. The number of hydrogen-bond donors (Lipinski definition) is 1. The first-order chi connectivity index (χ1) is 9.61. The molecule has 0 aliphatic carbocycles. The number of benzene rings is 1. The van der Waals surface area contributed by atoms with E-state index in [1.807, 2.05) is 18.2 Å². The van der Waals surface area contributed by atoms with Gasteiger partial charge in [0.15, 0.2) is 5.78 Å². The minimum absolute atomic E-state index is 0.197. The average Bonchev–Trinajstić information content (AvgIpc) is 2.84. The maximum absolute atomic E-state index is 12.4. The summed E-state index contributed by atoms with van der Waals surface area (Å²) in [6.45, 7) is 7.12. The molecule has 1 aliphatic heterocycles. The second kappa shape index (κ2) is 5.37. The van der Waals surface area contributed by atoms with Gasteiger partial charge >= 0.3 is 0 Å². The van der Waals surface area contributed by atoms with Crippen LogP contribution >= 0.6 is 0 Å². The molecular formula is C16H21N3O. The number of carbonyl (C=O) groups excluding carboxylic acids is 1. The van der Waals surface area contributed by atoms with Crippen molar-refractivity contribution in [3.05, 3.63) is 30.1 Å². The molecule has 0 bridgehead atoms. The van der Waals surface area contributed by atoms with Crippen molar-refractivity contribution in [1.82, 2.24) is 14.9 Å². The number of aromatic amines is 1. The van der Waals surface area contributed by atoms with Gasteiger partial charge in [-0.1, -0.05) is 13.8 Å². The summed E-state index contributed by atoms with van der Waals surface area (Å²) in [7, 11) is 0. The molecule has 106 valence electrons. The van der Waals surface area contributed by atoms with Crippen molar-refractivity contribution in [2.75, 3.05) is 19.6 Å². The monoisotopic (exact) mass is 271 g/mol. The molecule has 1 fully saturated rings. The third-order valence-corrected chi connectivity index (χ3v) is 4.05. The highest BCUT2D eigenvalue weighted by atomic mass is 16.1. The van der Waals surface area contributed by atoms with E-state index in [-0.39, 0.29) is 5.78 Å². The SMILES string of the molecule is CC1CC(C)CN(CC(=O)c2ccc3nc[nH]c3c2)C1. The number of piperidine rings is 1. The molecule has 2 heterocycles. The van der Waals surface area contributed by atoms with Crippen LogP contribution in [0.4, 0.5) is 0 Å². The van der Waals surface area contributed by atoms with E-state index in [9.17, 15) is 4.79 Å². The van der Waals surface area contributed by atoms with Crippen molar-refractivity contribution in [2.45, 2.75) is 20.3 Å². The van der Waals surface area contributed by atoms with Crippen molar-refractivity contribution < 1.29 is 4.79 Å². The Kier molecular flexibility index (Phi) is 3.57. The average molecular weight is 271 g/mol. The Balaban J connectivity index is 1.72. The summed E-state index contributed by atoms with van der Waals surface area (Å²) in [4.78, 5) is 21.9. The van der Waals surface area contributed by atoms with Crippen LogP contribution in [-0.4, -0.2) is 40.3 Å². The summed E-state index contributed by atoms with van der Waals surface area (Å²) in [5.74, 6) is 1.56. The molecule has 0 spiro atoms. The molecule has 1 aromatic heterocycles. The summed E-state index contributed by atoms with van der Waals surface area (Å²) in [6, 6.07) is 5.68. The summed E-state index contributed by atoms with van der Waals surface area (Å²) < 4.78 is 0. The van der Waals surface area contributed by atoms with Gasteiger partial charge in [-0.25, -0.2) is 4.98 Å². The number of rotatable bonds is 3. The lowest BCUT2D eigenvalue weighted by Crippen LogP contribution is -2.41. The van der Waals surface area contributed by atoms with Gasteiger partial charge in [-0.15, -0.1) is 0 Å². The molecule has 2 aromatic rings. The highest BCUT2D eigenvalue weighted by molar-refractivity contribution is 6.00. The van der Waals surface area contributed by atoms with Crippen LogP contribution < -0.4 is 0 Å². The second-order valence-corrected chi connectivity index (χ2v) is 6.20. The zero-order valence-corrected chi connectivity index (χ0v) is 12.1. The molecule has 0 radical (unpaired) electrons. The Labute approximate surface area is 119 Å². The van der Waals surface area contributed by atoms with Gasteiger partial charge in [0.1, 0.15) is 0 Å². The lowest BCUT2D eigenvalue weighted by molar-refractivity contribution is 0.0849. The summed E-state index contributed by atoms with van der Waals surface area (Å²) >= 11 is 0. The number of H-pyrrole nitrogens is 1. The van der Waals surface area contributed by atoms with Crippen molar-refractivity contribution in [1.29, 1.82) is 0 Å². The maximum Gasteiger partial charge on any atom is 0.176 e. The van der Waals surface area contributed by atoms with Crippen LogP contribution in [0.1, 0.15) is 30.6 Å². The zero-order chi connectivity index (χ0) is 14.1. The second-order valence-electron chi connectivity index (χ2n) is 6.20. The first-order valence-corrected chi connectivity index (χ1v) is 7.30. The van der Waals surface area contributed by atoms with E-state index in [0.29, 0.717) is 18.4 Å². The van der Waals surface area contributed by atoms with Gasteiger partial charge in [0.25, 0.3) is 0 Å². The van der Waals surface area contributed by atoms with E-state index in [2.05, 4.69) is 28.7 Å². The molecule has 1 saturated heterocycles. The van der Waals surface area contributed by atoms with Gasteiger partial charge in [0.2, 0.25) is 0 Å². The minimum atomic E-state index is 0.197. The molecule has 0 saturated carbocycles. The topological polar surface area (TPSA) is 49.0 Å². The molecule has 1 aliphatic rings. The molecule has 3 rings (SSSR count). The molecule has 4 nitrogen and oxygen atoms in total. The van der Waals surface area contributed by atoms with Crippen molar-refractivity contribution >= 4 is 16.8 Å². The number of Topliss-reactive ketones (excluding diaryl/α,β-unsaturated/α-hetero) is 1. The van der Waals surface area contributed by atoms with E-state index < -0.39 is 0 Å². The Hall–Kier alpha value is -1.68. The van der Waals surface area contributed by atoms with Crippen LogP contribution in [-0.2, 0) is 0 Å². The zero-order valence-electron chi connectivity index (χ0n) is 12.1. The van der Waals surface area contributed by atoms with E-state index in [1.54, 1.807) is 6.33 Å². The van der Waals surface area contributed by atoms with Gasteiger partial charge in [0.05, 0.1) is 23.9 Å². The van der Waals surface area contributed by atoms with Gasteiger partial charge in [0, 0.05) is 18.7 Å². The normalized spacial score (nSPS) is 24.1. The number of nitrogens with one attached hydrogen (secondary N) is 1. The van der Waals surface area contributed by atoms with E-state index in [4.69, 9.17) is 0 Å². The van der Waals surface area contributed by atoms with Crippen LogP contribution in [0.25, 0.3) is 11.0 Å². The third-order valence-electron chi connectivity index (χ3n) is 4.05. The first-order valence-electron chi connectivity index (χ1n) is 7.30. The fourth-order valence-corrected chi connectivity index (χ4v) is 3.32. The predicted molar refractivity (Wildman–Crippen MR) is 79.8 cm³/mol. The highest BCUT2D eigenvalue weighted by Crippen LogP contribution is 2.21. The Morgan fingerprint density at radius 3 is 2.85 bits per heavy atom. The fraction of sp³-hybridized carbons (Fsp3) is 0.500. The highest BCUT2D eigenvalue weighted by Gasteiger charge is 2.23. The predicted octanol–water partition coefficient (Wildman–Crippen LogP) is 2.72. The third kappa shape index (κ3) is 2.75. The van der Waals surface area contributed by atoms with Crippen molar-refractivity contribution in [2.24, 2.45) is 11.8 Å². The summed E-state index contributed by atoms with van der Waals surface area (Å²) in [5.41, 5.74) is 2.60. The molecule has 0 amide bonds. The number of imidazole rings is 1. The Morgan fingerprint density at radius 1 is 1.35 bits per heavy atom. The van der Waals surface area contributed by atoms with Crippen LogP contribution in [0.3, 0.4) is 0 Å². The van der Waals surface area contributed by atoms with Crippen LogP contribution in [0.15, 0.2) is 24.5 Å². The van der Waals surface area contributed by atoms with Crippen LogP contribution in [0.5, 0.6) is 0 Å². The van der Waals surface area contributed by atoms with Gasteiger partial charge in [-0.05, 0) is 36.5 Å². The number of nitrogens with zero attached hydrogens (tertiary/aromatic N) is 2. The summed E-state index contributed by atoms with van der Waals surface area (Å²) in [5, 5.41) is 0. The number of fused-ring (bicyclic) bond motifs is 1. The Morgan fingerprint density at radius 2 is 2.10 bits per heavy atom. The lowest BCUT2D eigenvalue weighted by Gasteiger charge is -2.34. The summed E-state index contributed by atoms with van der Waals surface area (Å²) in [6.07, 6.45) is 2.93. The van der Waals surface area contributed by atoms with E-state index >= 15 is 0 Å². The fourth-order valence-electron chi connectivity index (χ4n) is 3.32. The smallest absolute Gasteiger partial charge is 0.176 e. The molecule has 4 heteroatoms. The van der Waals surface area contributed by atoms with Gasteiger partial charge in [-0.3, -0.25) is 9.69 Å². The standard InChI is InChI=1S/C16H21N3O/c1-11-5-12(2)8-19(7-11)9-16(20)13-3-4-14-15(6-13)18-10-17-14/h3-4,6,10-12H,5,7-9H2,1-2H3,(H,17,18). The van der Waals surface area contributed by atoms with Crippen LogP contribution in [0, 0.1) is 11.8 Å². The minimum Gasteiger partial charge on any atom is -0.345 e. The number of ketones is 1. The van der Waals surface area contributed by atoms with Crippen molar-refractivity contribution in [3.63, 3.8) is 0 Å². The van der Waals surface area contributed by atoms with Gasteiger partial charge in [-0.2, -0.15) is 0 Å². The van der Waals surface area contributed by atoms with Crippen molar-refractivity contribution in [3.8, 4) is 0 Å². The first kappa shape index (κ1) is 13.3. The number of likely N-dealkylation sites (tertiary alicyclic amines) is 1. The lowest BCUT2D eigenvalue weighted by atomic mass is 9.91. The largest absolute Gasteiger partial charge is 0.345 e.